The van der Waals surface area contributed by atoms with Crippen LogP contribution < -0.4 is 22.1 Å². The van der Waals surface area contributed by atoms with E-state index in [1.165, 1.54) is 0 Å². The van der Waals surface area contributed by atoms with Gasteiger partial charge in [0.05, 0.1) is 0 Å². The van der Waals surface area contributed by atoms with Crippen LogP contribution in [0.3, 0.4) is 0 Å². The Morgan fingerprint density at radius 1 is 0.760 bits per heavy atom. The lowest BCUT2D eigenvalue weighted by Gasteiger charge is -2.24. The number of hydrogen-bond donors (Lipinski definition) is 4. The van der Waals surface area contributed by atoms with E-state index in [1.807, 2.05) is 41.5 Å². The molecule has 0 rings (SSSR count). The molecule has 0 radical (unpaired) electrons. The van der Waals surface area contributed by atoms with Crippen molar-refractivity contribution in [1.29, 1.82) is 0 Å². The number of hydrogen-bond acceptors (Lipinski definition) is 3. The molecule has 0 aromatic heterocycles. The summed E-state index contributed by atoms with van der Waals surface area (Å²) < 4.78 is 0. The molecule has 3 atom stereocenters. The molecular weight excluding hydrogens is 320 g/mol. The van der Waals surface area contributed by atoms with E-state index >= 15 is 0 Å². The quantitative estimate of drug-likeness (QED) is 0.421. The second-order valence-electron chi connectivity index (χ2n) is 8.11. The monoisotopic (exact) mass is 357 g/mol. The normalized spacial score (nSPS) is 15.1. The first-order valence-corrected chi connectivity index (χ1v) is 9.17. The second-order valence-corrected chi connectivity index (χ2v) is 8.11. The van der Waals surface area contributed by atoms with Crippen LogP contribution in [0.15, 0.2) is 0 Å². The fourth-order valence-electron chi connectivity index (χ4n) is 2.66. The fraction of sp³-hybridized carbons (Fsp3) is 0.833. The Labute approximate surface area is 151 Å². The summed E-state index contributed by atoms with van der Waals surface area (Å²) in [6.07, 6.45) is 1.60. The second kappa shape index (κ2) is 11.1. The summed E-state index contributed by atoms with van der Waals surface area (Å²) >= 11 is 0. The molecule has 0 aromatic rings. The minimum absolute atomic E-state index is 0.210. The number of carbonyl (C=O) groups is 3. The Balaban J connectivity index is 5.02. The molecule has 0 aromatic carbocycles. The van der Waals surface area contributed by atoms with Gasteiger partial charge in [0.15, 0.2) is 6.04 Å². The smallest absolute Gasteiger partial charge is 0.278 e. The Morgan fingerprint density at radius 2 is 1.16 bits per heavy atom. The third-order valence-corrected chi connectivity index (χ3v) is 3.83. The molecule has 7 N–H and O–H groups in total. The van der Waals surface area contributed by atoms with Crippen LogP contribution >= 0.6 is 0 Å². The maximum Gasteiger partial charge on any atom is 0.278 e. The topological polar surface area (TPSA) is 129 Å². The van der Waals surface area contributed by atoms with Crippen molar-refractivity contribution < 1.29 is 20.1 Å². The number of primary amides is 1. The lowest BCUT2D eigenvalue weighted by molar-refractivity contribution is -0.406. The van der Waals surface area contributed by atoms with E-state index in [9.17, 15) is 14.4 Å². The zero-order chi connectivity index (χ0) is 19.7. The predicted octanol–water partition coefficient (Wildman–Crippen LogP) is 0.190. The maximum absolute atomic E-state index is 12.6. The molecule has 7 nitrogen and oxygen atoms in total. The number of quaternary nitrogens is 1. The zero-order valence-electron chi connectivity index (χ0n) is 16.6. The van der Waals surface area contributed by atoms with Crippen molar-refractivity contribution in [3.8, 4) is 0 Å². The van der Waals surface area contributed by atoms with Gasteiger partial charge < -0.3 is 22.1 Å². The summed E-state index contributed by atoms with van der Waals surface area (Å²) in [5, 5.41) is 5.47. The Morgan fingerprint density at radius 3 is 1.56 bits per heavy atom. The van der Waals surface area contributed by atoms with E-state index in [-0.39, 0.29) is 23.7 Å². The van der Waals surface area contributed by atoms with Crippen molar-refractivity contribution in [2.75, 3.05) is 0 Å². The highest BCUT2D eigenvalue weighted by molar-refractivity contribution is 5.92. The van der Waals surface area contributed by atoms with Gasteiger partial charge in [-0.1, -0.05) is 41.5 Å². The highest BCUT2D eigenvalue weighted by atomic mass is 16.2. The summed E-state index contributed by atoms with van der Waals surface area (Å²) in [6.45, 7) is 11.9. The predicted molar refractivity (Wildman–Crippen MR) is 98.1 cm³/mol. The molecule has 7 heteroatoms. The molecule has 0 saturated heterocycles. The molecule has 0 spiro atoms. The third-order valence-electron chi connectivity index (χ3n) is 3.83. The Hall–Kier alpha value is -1.63. The molecule has 0 unspecified atom stereocenters. The van der Waals surface area contributed by atoms with Gasteiger partial charge in [-0.2, -0.15) is 0 Å². The van der Waals surface area contributed by atoms with E-state index in [4.69, 9.17) is 5.73 Å². The molecule has 0 fully saturated rings. The average molecular weight is 358 g/mol. The van der Waals surface area contributed by atoms with Gasteiger partial charge in [0, 0.05) is 6.42 Å². The molecule has 146 valence electrons. The first-order valence-electron chi connectivity index (χ1n) is 9.17. The minimum Gasteiger partial charge on any atom is -0.368 e. The summed E-state index contributed by atoms with van der Waals surface area (Å²) in [6, 6.07) is -1.84. The van der Waals surface area contributed by atoms with Crippen LogP contribution in [0, 0.1) is 17.8 Å². The largest absolute Gasteiger partial charge is 0.368 e. The average Bonchev–Trinajstić information content (AvgIpc) is 2.43. The molecule has 0 aliphatic rings. The van der Waals surface area contributed by atoms with Crippen molar-refractivity contribution >= 4 is 17.7 Å². The van der Waals surface area contributed by atoms with Crippen molar-refractivity contribution in [3.05, 3.63) is 0 Å². The van der Waals surface area contributed by atoms with Crippen LogP contribution in [-0.2, 0) is 14.4 Å². The minimum atomic E-state index is -0.731. The summed E-state index contributed by atoms with van der Waals surface area (Å²) in [5.41, 5.74) is 9.27. The lowest BCUT2D eigenvalue weighted by atomic mass is 9.99. The van der Waals surface area contributed by atoms with Crippen LogP contribution in [0.2, 0.25) is 0 Å². The number of rotatable bonds is 11. The Kier molecular flexibility index (Phi) is 10.4. The maximum atomic E-state index is 12.6. The van der Waals surface area contributed by atoms with Crippen LogP contribution in [0.1, 0.15) is 60.8 Å². The van der Waals surface area contributed by atoms with Crippen LogP contribution in [0.25, 0.3) is 0 Å². The van der Waals surface area contributed by atoms with Crippen molar-refractivity contribution in [2.45, 2.75) is 78.9 Å². The van der Waals surface area contributed by atoms with Crippen LogP contribution in [-0.4, -0.2) is 35.8 Å². The SMILES string of the molecule is CC(C)C[C@H](NC(=O)[C@H](CC(C)C)NC(=O)[C@@H]([NH3+])CC(C)C)C(N)=O. The Bertz CT molecular complexity index is 450. The number of amides is 3. The van der Waals surface area contributed by atoms with Crippen molar-refractivity contribution in [2.24, 2.45) is 23.5 Å². The van der Waals surface area contributed by atoms with E-state index in [1.54, 1.807) is 0 Å². The summed E-state index contributed by atoms with van der Waals surface area (Å²) in [4.78, 5) is 36.5. The number of nitrogens with one attached hydrogen (secondary N) is 2. The molecule has 0 heterocycles. The van der Waals surface area contributed by atoms with Crippen molar-refractivity contribution in [1.82, 2.24) is 10.6 Å². The highest BCUT2D eigenvalue weighted by Crippen LogP contribution is 2.09. The van der Waals surface area contributed by atoms with E-state index < -0.39 is 24.0 Å². The molecular formula is C18H37N4O3+. The van der Waals surface area contributed by atoms with Gasteiger partial charge in [-0.15, -0.1) is 0 Å². The summed E-state index contributed by atoms with van der Waals surface area (Å²) in [5.74, 6) is -0.410. The van der Waals surface area contributed by atoms with Crippen LogP contribution in [0.5, 0.6) is 0 Å². The van der Waals surface area contributed by atoms with Crippen molar-refractivity contribution in [3.63, 3.8) is 0 Å². The van der Waals surface area contributed by atoms with E-state index in [0.29, 0.717) is 25.2 Å². The van der Waals surface area contributed by atoms with Gasteiger partial charge in [-0.05, 0) is 30.6 Å². The molecule has 0 aliphatic heterocycles. The third kappa shape index (κ3) is 10.1. The van der Waals surface area contributed by atoms with Gasteiger partial charge >= 0.3 is 0 Å². The number of carbonyl (C=O) groups excluding carboxylic acids is 3. The van der Waals surface area contributed by atoms with E-state index in [0.717, 1.165) is 0 Å². The first kappa shape index (κ1) is 23.4. The molecule has 0 aliphatic carbocycles. The van der Waals surface area contributed by atoms with Gasteiger partial charge in [-0.25, -0.2) is 0 Å². The van der Waals surface area contributed by atoms with Gasteiger partial charge in [0.2, 0.25) is 11.8 Å². The fourth-order valence-corrected chi connectivity index (χ4v) is 2.66. The number of nitrogens with two attached hydrogens (primary N) is 1. The van der Waals surface area contributed by atoms with Gasteiger partial charge in [0.25, 0.3) is 5.91 Å². The molecule has 0 bridgehead atoms. The summed E-state index contributed by atoms with van der Waals surface area (Å²) in [7, 11) is 0. The lowest BCUT2D eigenvalue weighted by Crippen LogP contribution is -2.69. The molecule has 0 saturated carbocycles. The molecule has 3 amide bonds. The molecule has 25 heavy (non-hydrogen) atoms. The van der Waals surface area contributed by atoms with Gasteiger partial charge in [0.1, 0.15) is 12.1 Å². The standard InChI is InChI=1S/C18H36N4O3/c1-10(2)7-13(19)17(24)22-15(9-12(5)6)18(25)21-14(16(20)23)8-11(3)4/h10-15H,7-9,19H2,1-6H3,(H2,20,23)(H,21,25)(H,22,24)/p+1/t13-,14-,15-/m0/s1. The zero-order valence-corrected chi connectivity index (χ0v) is 16.6. The van der Waals surface area contributed by atoms with E-state index in [2.05, 4.69) is 16.4 Å². The van der Waals surface area contributed by atoms with Gasteiger partial charge in [-0.3, -0.25) is 14.4 Å². The van der Waals surface area contributed by atoms with Crippen LogP contribution in [0.4, 0.5) is 0 Å². The highest BCUT2D eigenvalue weighted by Gasteiger charge is 2.29. The first-order chi connectivity index (χ1) is 11.4.